The number of rotatable bonds is 5. The van der Waals surface area contributed by atoms with Crippen molar-refractivity contribution in [1.29, 1.82) is 0 Å². The maximum Gasteiger partial charge on any atom is 0.338 e. The summed E-state index contributed by atoms with van der Waals surface area (Å²) in [5.41, 5.74) is 5.16. The smallest absolute Gasteiger partial charge is 0.338 e. The Morgan fingerprint density at radius 3 is 2.24 bits per heavy atom. The van der Waals surface area contributed by atoms with Crippen LogP contribution in [0.25, 0.3) is 5.69 Å². The van der Waals surface area contributed by atoms with Crippen molar-refractivity contribution in [2.45, 2.75) is 27.1 Å². The van der Waals surface area contributed by atoms with E-state index in [0.29, 0.717) is 5.56 Å². The summed E-state index contributed by atoms with van der Waals surface area (Å²) < 4.78 is 7.22. The molecule has 0 atom stereocenters. The first-order valence-electron chi connectivity index (χ1n) is 8.06. The van der Waals surface area contributed by atoms with E-state index in [0.717, 1.165) is 28.2 Å². The number of esters is 1. The molecule has 1 heterocycles. The summed E-state index contributed by atoms with van der Waals surface area (Å²) in [7, 11) is 0. The van der Waals surface area contributed by atoms with E-state index in [9.17, 15) is 4.79 Å². The molecular formula is C20H20N2O3. The second-order valence-corrected chi connectivity index (χ2v) is 5.94. The van der Waals surface area contributed by atoms with E-state index in [4.69, 9.17) is 9.84 Å². The summed E-state index contributed by atoms with van der Waals surface area (Å²) >= 11 is 0. The molecule has 3 rings (SSSR count). The zero-order valence-electron chi connectivity index (χ0n) is 14.3. The van der Waals surface area contributed by atoms with E-state index in [2.05, 4.69) is 5.10 Å². The fourth-order valence-corrected chi connectivity index (χ4v) is 2.60. The van der Waals surface area contributed by atoms with Crippen molar-refractivity contribution < 1.29 is 14.6 Å². The van der Waals surface area contributed by atoms with Gasteiger partial charge in [0, 0.05) is 5.69 Å². The van der Waals surface area contributed by atoms with Crippen LogP contribution >= 0.6 is 0 Å². The van der Waals surface area contributed by atoms with Crippen molar-refractivity contribution in [3.05, 3.63) is 82.7 Å². The van der Waals surface area contributed by atoms with Gasteiger partial charge < -0.3 is 9.84 Å². The van der Waals surface area contributed by atoms with E-state index in [1.165, 1.54) is 0 Å². The van der Waals surface area contributed by atoms with Crippen molar-refractivity contribution in [2.75, 3.05) is 0 Å². The fraction of sp³-hybridized carbons (Fsp3) is 0.200. The van der Waals surface area contributed by atoms with Crippen molar-refractivity contribution in [1.82, 2.24) is 9.78 Å². The van der Waals surface area contributed by atoms with Gasteiger partial charge in [-0.1, -0.05) is 24.3 Å². The van der Waals surface area contributed by atoms with Gasteiger partial charge in [-0.05, 0) is 55.3 Å². The molecule has 2 aromatic carbocycles. The maximum absolute atomic E-state index is 12.1. The lowest BCUT2D eigenvalue weighted by molar-refractivity contribution is 0.0472. The number of carbonyl (C=O) groups is 1. The van der Waals surface area contributed by atoms with Crippen LogP contribution in [0.1, 0.15) is 32.9 Å². The number of aromatic nitrogens is 2. The Morgan fingerprint density at radius 1 is 1.04 bits per heavy atom. The highest BCUT2D eigenvalue weighted by molar-refractivity contribution is 5.89. The number of carbonyl (C=O) groups excluding carboxylic acids is 1. The first-order chi connectivity index (χ1) is 12.1. The average molecular weight is 336 g/mol. The number of nitrogens with zero attached hydrogens (tertiary/aromatic N) is 2. The Kier molecular flexibility index (Phi) is 4.95. The van der Waals surface area contributed by atoms with Crippen LogP contribution in [-0.2, 0) is 18.0 Å². The predicted molar refractivity (Wildman–Crippen MR) is 94.5 cm³/mol. The Labute approximate surface area is 146 Å². The van der Waals surface area contributed by atoms with Crippen molar-refractivity contribution in [3.63, 3.8) is 0 Å². The first-order valence-corrected chi connectivity index (χ1v) is 8.06. The number of aryl methyl sites for hydroxylation is 2. The molecule has 128 valence electrons. The van der Waals surface area contributed by atoms with Gasteiger partial charge in [-0.3, -0.25) is 0 Å². The molecule has 3 aromatic rings. The molecule has 0 spiro atoms. The highest BCUT2D eigenvalue weighted by Gasteiger charge is 2.08. The van der Waals surface area contributed by atoms with Crippen LogP contribution in [0, 0.1) is 13.8 Å². The molecular weight excluding hydrogens is 316 g/mol. The summed E-state index contributed by atoms with van der Waals surface area (Å²) in [6.07, 6.45) is 0. The monoisotopic (exact) mass is 336 g/mol. The molecule has 1 aromatic heterocycles. The number of aliphatic hydroxyl groups excluding tert-OH is 1. The van der Waals surface area contributed by atoms with E-state index in [1.807, 2.05) is 48.9 Å². The number of aliphatic hydroxyl groups is 1. The molecule has 0 unspecified atom stereocenters. The van der Waals surface area contributed by atoms with Crippen LogP contribution in [0.2, 0.25) is 0 Å². The summed E-state index contributed by atoms with van der Waals surface area (Å²) in [5, 5.41) is 13.5. The minimum atomic E-state index is -0.382. The highest BCUT2D eigenvalue weighted by Crippen LogP contribution is 2.14. The number of benzene rings is 2. The van der Waals surface area contributed by atoms with Gasteiger partial charge in [0.2, 0.25) is 0 Å². The average Bonchev–Trinajstić information content (AvgIpc) is 2.98. The number of hydrogen-bond donors (Lipinski definition) is 1. The lowest BCUT2D eigenvalue weighted by Crippen LogP contribution is -2.05. The summed E-state index contributed by atoms with van der Waals surface area (Å²) in [5.74, 6) is -0.382. The first kappa shape index (κ1) is 16.9. The van der Waals surface area contributed by atoms with E-state index in [1.54, 1.807) is 24.3 Å². The molecule has 0 fully saturated rings. The quantitative estimate of drug-likeness (QED) is 0.726. The second kappa shape index (κ2) is 7.32. The van der Waals surface area contributed by atoms with Crippen LogP contribution in [0.3, 0.4) is 0 Å². The van der Waals surface area contributed by atoms with Gasteiger partial charge in [0.1, 0.15) is 6.61 Å². The third-order valence-corrected chi connectivity index (χ3v) is 3.93. The minimum absolute atomic E-state index is 0.0447. The molecule has 5 nitrogen and oxygen atoms in total. The predicted octanol–water partition coefficient (Wildman–Crippen LogP) is 3.34. The van der Waals surface area contributed by atoms with E-state index < -0.39 is 0 Å². The molecule has 0 aliphatic rings. The Balaban J connectivity index is 1.63. The van der Waals surface area contributed by atoms with Crippen LogP contribution < -0.4 is 0 Å². The largest absolute Gasteiger partial charge is 0.457 e. The van der Waals surface area contributed by atoms with Crippen molar-refractivity contribution in [2.24, 2.45) is 0 Å². The van der Waals surface area contributed by atoms with Crippen LogP contribution in [0.5, 0.6) is 0 Å². The van der Waals surface area contributed by atoms with Gasteiger partial charge in [-0.25, -0.2) is 9.48 Å². The molecule has 0 aliphatic heterocycles. The zero-order chi connectivity index (χ0) is 17.8. The highest BCUT2D eigenvalue weighted by atomic mass is 16.5. The SMILES string of the molecule is Cc1cc(C)n(-c2ccc(COC(=O)c3ccc(CO)cc3)cc2)n1. The standard InChI is InChI=1S/C20H20N2O3/c1-14-11-15(2)22(21-14)19-9-5-17(6-10-19)13-25-20(24)18-7-3-16(12-23)4-8-18/h3-11,23H,12-13H2,1-2H3. The van der Waals surface area contributed by atoms with Crippen LogP contribution in [0.4, 0.5) is 0 Å². The third kappa shape index (κ3) is 3.95. The van der Waals surface area contributed by atoms with Gasteiger partial charge in [-0.2, -0.15) is 5.10 Å². The second-order valence-electron chi connectivity index (χ2n) is 5.94. The molecule has 5 heteroatoms. The summed E-state index contributed by atoms with van der Waals surface area (Å²) in [6.45, 7) is 4.14. The molecule has 1 N–H and O–H groups in total. The van der Waals surface area contributed by atoms with Gasteiger partial charge in [0.25, 0.3) is 0 Å². The molecule has 0 radical (unpaired) electrons. The Bertz CT molecular complexity index is 865. The maximum atomic E-state index is 12.1. The molecule has 0 saturated heterocycles. The van der Waals surface area contributed by atoms with Gasteiger partial charge in [0.05, 0.1) is 23.6 Å². The van der Waals surface area contributed by atoms with Crippen LogP contribution in [0.15, 0.2) is 54.6 Å². The van der Waals surface area contributed by atoms with Crippen LogP contribution in [-0.4, -0.2) is 20.9 Å². The molecule has 0 aliphatic carbocycles. The molecule has 0 amide bonds. The molecule has 0 saturated carbocycles. The summed E-state index contributed by atoms with van der Waals surface area (Å²) in [4.78, 5) is 12.1. The summed E-state index contributed by atoms with van der Waals surface area (Å²) in [6, 6.07) is 16.5. The van der Waals surface area contributed by atoms with Gasteiger partial charge in [-0.15, -0.1) is 0 Å². The normalized spacial score (nSPS) is 10.7. The van der Waals surface area contributed by atoms with Gasteiger partial charge >= 0.3 is 5.97 Å². The Hall–Kier alpha value is -2.92. The zero-order valence-corrected chi connectivity index (χ0v) is 14.3. The molecule has 0 bridgehead atoms. The fourth-order valence-electron chi connectivity index (χ4n) is 2.60. The van der Waals surface area contributed by atoms with E-state index >= 15 is 0 Å². The molecule has 25 heavy (non-hydrogen) atoms. The van der Waals surface area contributed by atoms with Crippen molar-refractivity contribution >= 4 is 5.97 Å². The topological polar surface area (TPSA) is 64.3 Å². The van der Waals surface area contributed by atoms with Gasteiger partial charge in [0.15, 0.2) is 0 Å². The lowest BCUT2D eigenvalue weighted by atomic mass is 10.1. The number of ether oxygens (including phenoxy) is 1. The van der Waals surface area contributed by atoms with E-state index in [-0.39, 0.29) is 19.2 Å². The lowest BCUT2D eigenvalue weighted by Gasteiger charge is -2.08. The third-order valence-electron chi connectivity index (χ3n) is 3.93. The van der Waals surface area contributed by atoms with Crippen molar-refractivity contribution in [3.8, 4) is 5.69 Å². The Morgan fingerprint density at radius 2 is 1.68 bits per heavy atom. The number of hydrogen-bond acceptors (Lipinski definition) is 4. The minimum Gasteiger partial charge on any atom is -0.457 e.